The van der Waals surface area contributed by atoms with Gasteiger partial charge in [-0.05, 0) is 26.5 Å². The molecule has 0 saturated heterocycles. The molecule has 1 N–H and O–H groups in total. The fraction of sp³-hybridized carbons (Fsp3) is 0.714. The topological polar surface area (TPSA) is 37.6 Å². The third-order valence-corrected chi connectivity index (χ3v) is 3.06. The van der Waals surface area contributed by atoms with Crippen molar-refractivity contribution < 1.29 is 9.15 Å². The van der Waals surface area contributed by atoms with Gasteiger partial charge >= 0.3 is 0 Å². The summed E-state index contributed by atoms with van der Waals surface area (Å²) in [6, 6.07) is 2.57. The van der Waals surface area contributed by atoms with Gasteiger partial charge < -0.3 is 14.5 Å². The minimum absolute atomic E-state index is 0.502. The molecule has 0 radical (unpaired) electrons. The Labute approximate surface area is 110 Å². The van der Waals surface area contributed by atoms with Crippen LogP contribution in [0.3, 0.4) is 0 Å². The maximum absolute atomic E-state index is 5.53. The number of nitrogens with zero attached hydrogens (tertiary/aromatic N) is 1. The van der Waals surface area contributed by atoms with Gasteiger partial charge in [-0.2, -0.15) is 0 Å². The molecule has 104 valence electrons. The van der Waals surface area contributed by atoms with Crippen LogP contribution in [0, 0.1) is 0 Å². The lowest BCUT2D eigenvalue weighted by atomic mass is 10.2. The Morgan fingerprint density at radius 1 is 1.44 bits per heavy atom. The first-order chi connectivity index (χ1) is 8.69. The number of rotatable bonds is 9. The van der Waals surface area contributed by atoms with E-state index in [-0.39, 0.29) is 0 Å². The standard InChI is InChI=1S/C14H26N2O2/c1-5-15-10-14-13(6-8-18-14)11-16(12(2)3)7-9-17-4/h6,8,12,15H,5,7,9-11H2,1-4H3. The summed E-state index contributed by atoms with van der Waals surface area (Å²) in [5.41, 5.74) is 1.26. The first kappa shape index (κ1) is 15.2. The summed E-state index contributed by atoms with van der Waals surface area (Å²) in [6.45, 7) is 10.9. The van der Waals surface area contributed by atoms with Crippen molar-refractivity contribution in [1.29, 1.82) is 0 Å². The maximum atomic E-state index is 5.53. The molecule has 4 nitrogen and oxygen atoms in total. The molecule has 0 spiro atoms. The van der Waals surface area contributed by atoms with Crippen LogP contribution < -0.4 is 5.32 Å². The predicted molar refractivity (Wildman–Crippen MR) is 73.5 cm³/mol. The Hall–Kier alpha value is -0.840. The Balaban J connectivity index is 2.59. The molecule has 0 amide bonds. The van der Waals surface area contributed by atoms with Crippen molar-refractivity contribution in [2.75, 3.05) is 26.8 Å². The molecule has 0 aliphatic heterocycles. The molecule has 0 fully saturated rings. The maximum Gasteiger partial charge on any atom is 0.122 e. The van der Waals surface area contributed by atoms with Gasteiger partial charge in [-0.1, -0.05) is 6.92 Å². The van der Waals surface area contributed by atoms with E-state index < -0.39 is 0 Å². The van der Waals surface area contributed by atoms with Crippen LogP contribution in [0.1, 0.15) is 32.1 Å². The van der Waals surface area contributed by atoms with Gasteiger partial charge in [0.2, 0.25) is 0 Å². The smallest absolute Gasteiger partial charge is 0.122 e. The quantitative estimate of drug-likeness (QED) is 0.733. The normalized spacial score (nSPS) is 11.7. The highest BCUT2D eigenvalue weighted by Crippen LogP contribution is 2.14. The van der Waals surface area contributed by atoms with Gasteiger partial charge in [-0.3, -0.25) is 4.90 Å². The second-order valence-electron chi connectivity index (χ2n) is 4.71. The van der Waals surface area contributed by atoms with E-state index >= 15 is 0 Å². The van der Waals surface area contributed by atoms with Gasteiger partial charge in [-0.25, -0.2) is 0 Å². The third kappa shape index (κ3) is 4.80. The summed E-state index contributed by atoms with van der Waals surface area (Å²) in [5.74, 6) is 1.04. The number of nitrogens with one attached hydrogen (secondary N) is 1. The zero-order chi connectivity index (χ0) is 13.4. The van der Waals surface area contributed by atoms with E-state index in [0.29, 0.717) is 6.04 Å². The Kier molecular flexibility index (Phi) is 7.01. The summed E-state index contributed by atoms with van der Waals surface area (Å²) < 4.78 is 10.7. The molecule has 1 aromatic rings. The molecule has 0 atom stereocenters. The monoisotopic (exact) mass is 254 g/mol. The summed E-state index contributed by atoms with van der Waals surface area (Å²) >= 11 is 0. The second-order valence-corrected chi connectivity index (χ2v) is 4.71. The number of hydrogen-bond acceptors (Lipinski definition) is 4. The SMILES string of the molecule is CCNCc1occc1CN(CCOC)C(C)C. The number of methoxy groups -OCH3 is 1. The summed E-state index contributed by atoms with van der Waals surface area (Å²) in [7, 11) is 1.74. The first-order valence-corrected chi connectivity index (χ1v) is 6.68. The minimum Gasteiger partial charge on any atom is -0.468 e. The Bertz CT molecular complexity index is 323. The van der Waals surface area contributed by atoms with E-state index in [1.165, 1.54) is 5.56 Å². The van der Waals surface area contributed by atoms with Crippen LogP contribution in [-0.4, -0.2) is 37.7 Å². The van der Waals surface area contributed by atoms with E-state index in [1.807, 2.05) is 0 Å². The van der Waals surface area contributed by atoms with Gasteiger partial charge in [0.25, 0.3) is 0 Å². The molecule has 4 heteroatoms. The fourth-order valence-electron chi connectivity index (χ4n) is 1.85. The zero-order valence-corrected chi connectivity index (χ0v) is 12.0. The number of furan rings is 1. The van der Waals surface area contributed by atoms with E-state index in [0.717, 1.165) is 38.5 Å². The van der Waals surface area contributed by atoms with Crippen LogP contribution in [0.5, 0.6) is 0 Å². The Morgan fingerprint density at radius 2 is 2.22 bits per heavy atom. The molecular weight excluding hydrogens is 228 g/mol. The van der Waals surface area contributed by atoms with Crippen molar-refractivity contribution in [3.8, 4) is 0 Å². The van der Waals surface area contributed by atoms with Gasteiger partial charge in [0.05, 0.1) is 19.4 Å². The van der Waals surface area contributed by atoms with Crippen molar-refractivity contribution in [2.45, 2.75) is 39.9 Å². The van der Waals surface area contributed by atoms with Gasteiger partial charge in [0, 0.05) is 31.8 Å². The van der Waals surface area contributed by atoms with Crippen LogP contribution in [0.2, 0.25) is 0 Å². The van der Waals surface area contributed by atoms with Crippen LogP contribution in [-0.2, 0) is 17.8 Å². The minimum atomic E-state index is 0.502. The summed E-state index contributed by atoms with van der Waals surface area (Å²) in [6.07, 6.45) is 1.77. The lowest BCUT2D eigenvalue weighted by Crippen LogP contribution is -2.33. The highest BCUT2D eigenvalue weighted by atomic mass is 16.5. The van der Waals surface area contributed by atoms with Crippen LogP contribution in [0.25, 0.3) is 0 Å². The summed E-state index contributed by atoms with van der Waals surface area (Å²) in [4.78, 5) is 2.39. The van der Waals surface area contributed by atoms with Crippen LogP contribution >= 0.6 is 0 Å². The number of ether oxygens (including phenoxy) is 1. The van der Waals surface area contributed by atoms with Crippen molar-refractivity contribution in [3.05, 3.63) is 23.7 Å². The second kappa shape index (κ2) is 8.29. The molecule has 0 bridgehead atoms. The van der Waals surface area contributed by atoms with Crippen LogP contribution in [0.4, 0.5) is 0 Å². The van der Waals surface area contributed by atoms with E-state index in [9.17, 15) is 0 Å². The predicted octanol–water partition coefficient (Wildman–Crippen LogP) is 2.25. The lowest BCUT2D eigenvalue weighted by Gasteiger charge is -2.26. The van der Waals surface area contributed by atoms with Crippen LogP contribution in [0.15, 0.2) is 16.7 Å². The molecule has 0 aromatic carbocycles. The van der Waals surface area contributed by atoms with Gasteiger partial charge in [0.15, 0.2) is 0 Å². The molecule has 0 saturated carbocycles. The summed E-state index contributed by atoms with van der Waals surface area (Å²) in [5, 5.41) is 3.30. The van der Waals surface area contributed by atoms with E-state index in [4.69, 9.17) is 9.15 Å². The highest BCUT2D eigenvalue weighted by Gasteiger charge is 2.13. The number of hydrogen-bond donors (Lipinski definition) is 1. The zero-order valence-electron chi connectivity index (χ0n) is 12.0. The molecule has 1 aromatic heterocycles. The molecule has 0 unspecified atom stereocenters. The highest BCUT2D eigenvalue weighted by molar-refractivity contribution is 5.17. The van der Waals surface area contributed by atoms with Gasteiger partial charge in [0.1, 0.15) is 5.76 Å². The van der Waals surface area contributed by atoms with Crippen molar-refractivity contribution in [1.82, 2.24) is 10.2 Å². The molecule has 1 rings (SSSR count). The molecule has 18 heavy (non-hydrogen) atoms. The molecule has 1 heterocycles. The van der Waals surface area contributed by atoms with Crippen molar-refractivity contribution in [3.63, 3.8) is 0 Å². The first-order valence-electron chi connectivity index (χ1n) is 6.68. The largest absolute Gasteiger partial charge is 0.468 e. The van der Waals surface area contributed by atoms with Crippen molar-refractivity contribution >= 4 is 0 Å². The fourth-order valence-corrected chi connectivity index (χ4v) is 1.85. The van der Waals surface area contributed by atoms with Gasteiger partial charge in [-0.15, -0.1) is 0 Å². The third-order valence-electron chi connectivity index (χ3n) is 3.06. The average Bonchev–Trinajstić information content (AvgIpc) is 2.78. The molecular formula is C14H26N2O2. The van der Waals surface area contributed by atoms with E-state index in [1.54, 1.807) is 13.4 Å². The molecule has 0 aliphatic rings. The Morgan fingerprint density at radius 3 is 2.83 bits per heavy atom. The van der Waals surface area contributed by atoms with Crippen molar-refractivity contribution in [2.24, 2.45) is 0 Å². The van der Waals surface area contributed by atoms with E-state index in [2.05, 4.69) is 37.1 Å². The molecule has 0 aliphatic carbocycles. The lowest BCUT2D eigenvalue weighted by molar-refractivity contribution is 0.124. The average molecular weight is 254 g/mol.